The molecule has 3 aromatic heterocycles. The maximum absolute atomic E-state index is 13.9. The predicted molar refractivity (Wildman–Crippen MR) is 216 cm³/mol. The zero-order valence-corrected chi connectivity index (χ0v) is 32.7. The van der Waals surface area contributed by atoms with Crippen LogP contribution in [0.2, 0.25) is 0 Å². The van der Waals surface area contributed by atoms with E-state index in [1.807, 2.05) is 48.2 Å². The van der Waals surface area contributed by atoms with Crippen LogP contribution in [0.5, 0.6) is 0 Å². The van der Waals surface area contributed by atoms with Crippen molar-refractivity contribution in [1.82, 2.24) is 34.7 Å². The number of carbonyl (C=O) groups is 2. The SMILES string of the molecule is COO/C=N\[C@H](C(=O)N1CCC[C@H]1c1ncc(-c2ccc(-c3ccc(-c4cnc([C@@H]5CCCN5C(=O)[C@@H](Nc5cccnc5)C(C)C)[nH]4)cc3)cc2)[nH]1)C(C)C. The minimum Gasteiger partial charge on any atom is -0.372 e. The monoisotopic (exact) mass is 757 g/mol. The molecular formula is C43H51N9O4. The zero-order chi connectivity index (χ0) is 39.2. The van der Waals surface area contributed by atoms with Crippen LogP contribution < -0.4 is 5.32 Å². The van der Waals surface area contributed by atoms with Gasteiger partial charge >= 0.3 is 0 Å². The third kappa shape index (κ3) is 8.37. The van der Waals surface area contributed by atoms with Crippen molar-refractivity contribution in [3.63, 3.8) is 0 Å². The number of aliphatic imine (C=N–C) groups is 1. The summed E-state index contributed by atoms with van der Waals surface area (Å²) in [6.45, 7) is 9.42. The van der Waals surface area contributed by atoms with E-state index < -0.39 is 6.04 Å². The molecule has 2 amide bonds. The molecule has 292 valence electrons. The Morgan fingerprint density at radius 3 is 1.79 bits per heavy atom. The van der Waals surface area contributed by atoms with Gasteiger partial charge in [-0.1, -0.05) is 76.2 Å². The van der Waals surface area contributed by atoms with Gasteiger partial charge in [0.15, 0.2) is 0 Å². The molecule has 0 radical (unpaired) electrons. The van der Waals surface area contributed by atoms with Gasteiger partial charge in [-0.25, -0.2) is 15.0 Å². The van der Waals surface area contributed by atoms with Gasteiger partial charge in [0.2, 0.25) is 18.2 Å². The van der Waals surface area contributed by atoms with E-state index in [2.05, 4.69) is 92.5 Å². The second-order valence-electron chi connectivity index (χ2n) is 15.2. The maximum Gasteiger partial charge on any atom is 0.248 e. The van der Waals surface area contributed by atoms with Crippen molar-refractivity contribution in [3.8, 4) is 33.6 Å². The lowest BCUT2D eigenvalue weighted by Crippen LogP contribution is -2.45. The molecule has 0 unspecified atom stereocenters. The van der Waals surface area contributed by atoms with Gasteiger partial charge in [0, 0.05) is 25.5 Å². The minimum absolute atomic E-state index is 0.00265. The number of rotatable bonds is 14. The number of nitrogens with one attached hydrogen (secondary N) is 3. The van der Waals surface area contributed by atoms with E-state index >= 15 is 0 Å². The number of aromatic nitrogens is 5. The minimum atomic E-state index is -0.566. The van der Waals surface area contributed by atoms with E-state index in [9.17, 15) is 9.59 Å². The Morgan fingerprint density at radius 2 is 1.30 bits per heavy atom. The first-order chi connectivity index (χ1) is 27.2. The number of benzene rings is 2. The van der Waals surface area contributed by atoms with E-state index in [1.165, 1.54) is 13.5 Å². The molecule has 56 heavy (non-hydrogen) atoms. The molecule has 5 heterocycles. The molecule has 2 aliphatic heterocycles. The molecule has 0 aliphatic carbocycles. The molecule has 13 heteroatoms. The number of nitrogens with zero attached hydrogens (tertiary/aromatic N) is 6. The van der Waals surface area contributed by atoms with E-state index in [1.54, 1.807) is 12.4 Å². The van der Waals surface area contributed by atoms with Gasteiger partial charge in [-0.3, -0.25) is 14.6 Å². The Balaban J connectivity index is 0.996. The zero-order valence-electron chi connectivity index (χ0n) is 32.7. The first-order valence-corrected chi connectivity index (χ1v) is 19.5. The van der Waals surface area contributed by atoms with Crippen molar-refractivity contribution in [2.45, 2.75) is 77.5 Å². The summed E-state index contributed by atoms with van der Waals surface area (Å²) in [6.07, 6.45) is 11.9. The van der Waals surface area contributed by atoms with Gasteiger partial charge < -0.3 is 30.0 Å². The van der Waals surface area contributed by atoms with Crippen LogP contribution in [0.15, 0.2) is 90.4 Å². The summed E-state index contributed by atoms with van der Waals surface area (Å²) in [5, 5.41) is 3.41. The summed E-state index contributed by atoms with van der Waals surface area (Å²) in [4.78, 5) is 65.7. The van der Waals surface area contributed by atoms with Crippen LogP contribution in [0, 0.1) is 11.8 Å². The van der Waals surface area contributed by atoms with Crippen molar-refractivity contribution < 1.29 is 19.4 Å². The van der Waals surface area contributed by atoms with Gasteiger partial charge in [-0.2, -0.15) is 4.89 Å². The van der Waals surface area contributed by atoms with Gasteiger partial charge in [0.1, 0.15) is 23.7 Å². The average molecular weight is 758 g/mol. The maximum atomic E-state index is 13.9. The fourth-order valence-corrected chi connectivity index (χ4v) is 7.76. The van der Waals surface area contributed by atoms with Crippen molar-refractivity contribution >= 4 is 23.9 Å². The molecular weight excluding hydrogens is 707 g/mol. The van der Waals surface area contributed by atoms with Crippen molar-refractivity contribution in [2.75, 3.05) is 25.5 Å². The number of amides is 2. The first kappa shape index (κ1) is 38.5. The van der Waals surface area contributed by atoms with Crippen LogP contribution in [0.3, 0.4) is 0 Å². The largest absolute Gasteiger partial charge is 0.372 e. The Bertz CT molecular complexity index is 2090. The van der Waals surface area contributed by atoms with Crippen LogP contribution in [0.4, 0.5) is 5.69 Å². The molecule has 13 nitrogen and oxygen atoms in total. The molecule has 0 saturated carbocycles. The number of aromatic amines is 2. The lowest BCUT2D eigenvalue weighted by molar-refractivity contribution is -0.188. The molecule has 7 rings (SSSR count). The van der Waals surface area contributed by atoms with Gasteiger partial charge in [0.05, 0.1) is 48.7 Å². The number of hydrogen-bond acceptors (Lipinski definition) is 9. The molecule has 0 bridgehead atoms. The van der Waals surface area contributed by atoms with Crippen molar-refractivity contribution in [3.05, 3.63) is 97.1 Å². The first-order valence-electron chi connectivity index (χ1n) is 19.5. The highest BCUT2D eigenvalue weighted by Gasteiger charge is 2.38. The Hall–Kier alpha value is -5.82. The summed E-state index contributed by atoms with van der Waals surface area (Å²) >= 11 is 0. The highest BCUT2D eigenvalue weighted by atomic mass is 17.2. The average Bonchev–Trinajstić information content (AvgIpc) is 4.06. The smallest absolute Gasteiger partial charge is 0.248 e. The Morgan fingerprint density at radius 1 is 0.768 bits per heavy atom. The van der Waals surface area contributed by atoms with Crippen LogP contribution in [0.1, 0.15) is 77.1 Å². The topological polar surface area (TPSA) is 154 Å². The predicted octanol–water partition coefficient (Wildman–Crippen LogP) is 7.62. The lowest BCUT2D eigenvalue weighted by Gasteiger charge is -2.30. The van der Waals surface area contributed by atoms with Gasteiger partial charge in [-0.15, -0.1) is 0 Å². The third-order valence-corrected chi connectivity index (χ3v) is 10.8. The quantitative estimate of drug-likeness (QED) is 0.0453. The van der Waals surface area contributed by atoms with E-state index in [4.69, 9.17) is 14.9 Å². The molecule has 2 fully saturated rings. The molecule has 3 N–H and O–H groups in total. The fourth-order valence-electron chi connectivity index (χ4n) is 7.76. The number of likely N-dealkylation sites (tertiary alicyclic amines) is 2. The summed E-state index contributed by atoms with van der Waals surface area (Å²) in [6, 6.07) is 19.4. The molecule has 0 spiro atoms. The standard InChI is InChI=1S/C43H51N9O4/c1-27(2)38(47-26-56-55-5)42(53)51-21-7-10-36(51)40-45-24-34(49-40)31-16-12-29(13-17-31)30-14-18-32(19-15-30)35-25-46-41(50-35)37-11-8-22-52(37)43(54)39(28(3)4)48-33-9-6-20-44-23-33/h6,9,12-20,23-28,36-39,48H,7-8,10-11,21-22H2,1-5H3,(H,45,49)(H,46,50)/b47-26-/t36-,37-,38-,39-/m0/s1. The summed E-state index contributed by atoms with van der Waals surface area (Å²) in [5.74, 6) is 1.72. The summed E-state index contributed by atoms with van der Waals surface area (Å²) in [7, 11) is 1.40. The number of H-pyrrole nitrogens is 2. The molecule has 5 aromatic rings. The summed E-state index contributed by atoms with van der Waals surface area (Å²) in [5.41, 5.74) is 6.88. The Kier molecular flexibility index (Phi) is 11.9. The Labute approximate surface area is 327 Å². The molecule has 2 aliphatic rings. The van der Waals surface area contributed by atoms with E-state index in [0.717, 1.165) is 76.7 Å². The lowest BCUT2D eigenvalue weighted by atomic mass is 10.0. The number of pyridine rings is 1. The van der Waals surface area contributed by atoms with E-state index in [-0.39, 0.29) is 41.8 Å². The van der Waals surface area contributed by atoms with Crippen molar-refractivity contribution in [2.24, 2.45) is 16.8 Å². The highest BCUT2D eigenvalue weighted by molar-refractivity contribution is 5.86. The van der Waals surface area contributed by atoms with Gasteiger partial charge in [0.25, 0.3) is 0 Å². The van der Waals surface area contributed by atoms with E-state index in [0.29, 0.717) is 13.1 Å². The van der Waals surface area contributed by atoms with Crippen LogP contribution in [-0.2, 0) is 19.4 Å². The van der Waals surface area contributed by atoms with Crippen LogP contribution in [-0.4, -0.2) is 85.2 Å². The van der Waals surface area contributed by atoms with Crippen molar-refractivity contribution in [1.29, 1.82) is 0 Å². The third-order valence-electron chi connectivity index (χ3n) is 10.8. The summed E-state index contributed by atoms with van der Waals surface area (Å²) < 4.78 is 0. The molecule has 2 saturated heterocycles. The van der Waals surface area contributed by atoms with Gasteiger partial charge in [-0.05, 0) is 71.9 Å². The number of imidazole rings is 2. The molecule has 2 aromatic carbocycles. The van der Waals surface area contributed by atoms with Crippen LogP contribution in [0.25, 0.3) is 33.6 Å². The number of hydrogen-bond donors (Lipinski definition) is 3. The number of anilines is 1. The van der Waals surface area contributed by atoms with Crippen LogP contribution >= 0.6 is 0 Å². The second-order valence-corrected chi connectivity index (χ2v) is 15.2. The number of carbonyl (C=O) groups excluding carboxylic acids is 2. The highest BCUT2D eigenvalue weighted by Crippen LogP contribution is 2.35. The molecule has 4 atom stereocenters. The second kappa shape index (κ2) is 17.3. The fraction of sp³-hybridized carbons (Fsp3) is 0.395. The normalized spacial score (nSPS) is 18.3.